The number of fused-ring (bicyclic) bond motifs is 1. The maximum atomic E-state index is 10.7. The van der Waals surface area contributed by atoms with Gasteiger partial charge in [-0.3, -0.25) is 10.1 Å². The molecule has 102 valence electrons. The zero-order valence-corrected chi connectivity index (χ0v) is 10.6. The second-order valence-corrected chi connectivity index (χ2v) is 4.46. The van der Waals surface area contributed by atoms with Crippen molar-refractivity contribution in [1.82, 2.24) is 9.97 Å². The molecule has 7 heteroatoms. The van der Waals surface area contributed by atoms with Gasteiger partial charge in [-0.15, -0.1) is 0 Å². The van der Waals surface area contributed by atoms with E-state index in [0.717, 1.165) is 12.8 Å². The molecular formula is C12H16N4O3. The van der Waals surface area contributed by atoms with Crippen molar-refractivity contribution < 1.29 is 10.0 Å². The molecule has 7 nitrogen and oxygen atoms in total. The standard InChI is InChI=1S/C12H16N4O3/c1-8(17)3-2-6-13-12-14-10-5-4-9(16(18)19)7-11(10)15-12/h4-5,7-8,17H,2-3,6H2,1H3,(H2,13,14,15). The first-order chi connectivity index (χ1) is 9.06. The minimum atomic E-state index is -0.435. The van der Waals surface area contributed by atoms with Crippen LogP contribution in [0, 0.1) is 10.1 Å². The second-order valence-electron chi connectivity index (χ2n) is 4.46. The smallest absolute Gasteiger partial charge is 0.271 e. The molecule has 0 amide bonds. The number of aromatic nitrogens is 2. The lowest BCUT2D eigenvalue weighted by Crippen LogP contribution is -2.07. The molecule has 0 saturated heterocycles. The number of hydrogen-bond acceptors (Lipinski definition) is 5. The van der Waals surface area contributed by atoms with Crippen LogP contribution in [0.25, 0.3) is 11.0 Å². The van der Waals surface area contributed by atoms with E-state index in [1.165, 1.54) is 12.1 Å². The van der Waals surface area contributed by atoms with Gasteiger partial charge in [0.05, 0.1) is 22.1 Å². The number of anilines is 1. The second kappa shape index (κ2) is 5.66. The summed E-state index contributed by atoms with van der Waals surface area (Å²) in [7, 11) is 0. The van der Waals surface area contributed by atoms with Gasteiger partial charge in [-0.05, 0) is 25.8 Å². The quantitative estimate of drug-likeness (QED) is 0.421. The van der Waals surface area contributed by atoms with E-state index < -0.39 is 4.92 Å². The van der Waals surface area contributed by atoms with E-state index in [-0.39, 0.29) is 11.8 Å². The molecule has 0 fully saturated rings. The van der Waals surface area contributed by atoms with Crippen molar-refractivity contribution in [2.45, 2.75) is 25.9 Å². The van der Waals surface area contributed by atoms with E-state index >= 15 is 0 Å². The number of nitrogens with zero attached hydrogens (tertiary/aromatic N) is 2. The van der Waals surface area contributed by atoms with Crippen molar-refractivity contribution in [3.05, 3.63) is 28.3 Å². The third kappa shape index (κ3) is 3.41. The molecule has 1 atom stereocenters. The highest BCUT2D eigenvalue weighted by Gasteiger charge is 2.09. The van der Waals surface area contributed by atoms with Crippen molar-refractivity contribution in [3.8, 4) is 0 Å². The average Bonchev–Trinajstić information content (AvgIpc) is 2.75. The van der Waals surface area contributed by atoms with Crippen LogP contribution < -0.4 is 5.32 Å². The van der Waals surface area contributed by atoms with Crippen LogP contribution >= 0.6 is 0 Å². The number of H-pyrrole nitrogens is 1. The highest BCUT2D eigenvalue weighted by molar-refractivity contribution is 5.79. The predicted octanol–water partition coefficient (Wildman–Crippen LogP) is 2.04. The molecule has 0 aliphatic heterocycles. The number of aliphatic hydroxyl groups is 1. The molecule has 1 aromatic carbocycles. The lowest BCUT2D eigenvalue weighted by atomic mass is 10.2. The predicted molar refractivity (Wildman–Crippen MR) is 72.2 cm³/mol. The molecule has 0 aliphatic rings. The lowest BCUT2D eigenvalue weighted by Gasteiger charge is -2.04. The van der Waals surface area contributed by atoms with Gasteiger partial charge in [0.2, 0.25) is 5.95 Å². The SMILES string of the molecule is CC(O)CCCNc1nc2ccc([N+](=O)[O-])cc2[nH]1. The van der Waals surface area contributed by atoms with E-state index in [2.05, 4.69) is 15.3 Å². The number of nitrogens with one attached hydrogen (secondary N) is 2. The van der Waals surface area contributed by atoms with Crippen molar-refractivity contribution in [1.29, 1.82) is 0 Å². The minimum absolute atomic E-state index is 0.0387. The van der Waals surface area contributed by atoms with Gasteiger partial charge in [0.15, 0.2) is 0 Å². The van der Waals surface area contributed by atoms with Crippen molar-refractivity contribution >= 4 is 22.7 Å². The molecule has 2 aromatic rings. The third-order valence-corrected chi connectivity index (χ3v) is 2.77. The Morgan fingerprint density at radius 3 is 3.05 bits per heavy atom. The molecule has 1 aromatic heterocycles. The Kier molecular flexibility index (Phi) is 3.96. The largest absolute Gasteiger partial charge is 0.393 e. The first-order valence-electron chi connectivity index (χ1n) is 6.12. The monoisotopic (exact) mass is 264 g/mol. The highest BCUT2D eigenvalue weighted by atomic mass is 16.6. The van der Waals surface area contributed by atoms with Crippen molar-refractivity contribution in [2.75, 3.05) is 11.9 Å². The molecule has 0 radical (unpaired) electrons. The Morgan fingerprint density at radius 2 is 2.37 bits per heavy atom. The van der Waals surface area contributed by atoms with Gasteiger partial charge in [0.1, 0.15) is 0 Å². The zero-order chi connectivity index (χ0) is 13.8. The van der Waals surface area contributed by atoms with Crippen molar-refractivity contribution in [3.63, 3.8) is 0 Å². The molecular weight excluding hydrogens is 248 g/mol. The number of aliphatic hydroxyl groups excluding tert-OH is 1. The molecule has 1 heterocycles. The molecule has 0 spiro atoms. The number of hydrogen-bond donors (Lipinski definition) is 3. The summed E-state index contributed by atoms with van der Waals surface area (Å²) in [5.74, 6) is 0.584. The van der Waals surface area contributed by atoms with Gasteiger partial charge >= 0.3 is 0 Å². The van der Waals surface area contributed by atoms with Gasteiger partial charge in [-0.2, -0.15) is 0 Å². The molecule has 1 unspecified atom stereocenters. The molecule has 2 rings (SSSR count). The summed E-state index contributed by atoms with van der Waals surface area (Å²) in [6, 6.07) is 4.51. The minimum Gasteiger partial charge on any atom is -0.393 e. The van der Waals surface area contributed by atoms with Crippen molar-refractivity contribution in [2.24, 2.45) is 0 Å². The van der Waals surface area contributed by atoms with Gasteiger partial charge in [-0.1, -0.05) is 0 Å². The van der Waals surface area contributed by atoms with Gasteiger partial charge in [0, 0.05) is 18.7 Å². The zero-order valence-electron chi connectivity index (χ0n) is 10.6. The molecule has 0 saturated carbocycles. The van der Waals surface area contributed by atoms with Crippen LogP contribution in [0.4, 0.5) is 11.6 Å². The fraction of sp³-hybridized carbons (Fsp3) is 0.417. The van der Waals surface area contributed by atoms with Crippen LogP contribution in [0.1, 0.15) is 19.8 Å². The number of benzene rings is 1. The Labute approximate surface area is 109 Å². The Hall–Kier alpha value is -2.15. The topological polar surface area (TPSA) is 104 Å². The molecule has 0 bridgehead atoms. The highest BCUT2D eigenvalue weighted by Crippen LogP contribution is 2.20. The van der Waals surface area contributed by atoms with Gasteiger partial charge in [0.25, 0.3) is 5.69 Å². The summed E-state index contributed by atoms with van der Waals surface area (Å²) in [5, 5.41) is 22.9. The maximum Gasteiger partial charge on any atom is 0.271 e. The van der Waals surface area contributed by atoms with Crippen LogP contribution in [0.5, 0.6) is 0 Å². The third-order valence-electron chi connectivity index (χ3n) is 2.77. The summed E-state index contributed by atoms with van der Waals surface area (Å²) in [6.07, 6.45) is 1.24. The Bertz CT molecular complexity index is 579. The first-order valence-corrected chi connectivity index (χ1v) is 6.12. The van der Waals surface area contributed by atoms with Crippen LogP contribution in [0.15, 0.2) is 18.2 Å². The average molecular weight is 264 g/mol. The fourth-order valence-corrected chi connectivity index (χ4v) is 1.80. The van der Waals surface area contributed by atoms with E-state index in [9.17, 15) is 10.1 Å². The number of nitro groups is 1. The van der Waals surface area contributed by atoms with E-state index in [1.54, 1.807) is 13.0 Å². The fourth-order valence-electron chi connectivity index (χ4n) is 1.80. The number of nitro benzene ring substituents is 1. The first kappa shape index (κ1) is 13.3. The maximum absolute atomic E-state index is 10.7. The molecule has 19 heavy (non-hydrogen) atoms. The Balaban J connectivity index is 2.03. The van der Waals surface area contributed by atoms with E-state index in [0.29, 0.717) is 23.5 Å². The van der Waals surface area contributed by atoms with Crippen LogP contribution in [-0.4, -0.2) is 32.6 Å². The lowest BCUT2D eigenvalue weighted by molar-refractivity contribution is -0.384. The summed E-state index contributed by atoms with van der Waals surface area (Å²) in [4.78, 5) is 17.5. The van der Waals surface area contributed by atoms with Crippen LogP contribution in [-0.2, 0) is 0 Å². The normalized spacial score (nSPS) is 12.5. The van der Waals surface area contributed by atoms with E-state index in [1.807, 2.05) is 0 Å². The molecule has 3 N–H and O–H groups in total. The summed E-state index contributed by atoms with van der Waals surface area (Å²) in [5.41, 5.74) is 1.35. The van der Waals surface area contributed by atoms with Crippen LogP contribution in [0.2, 0.25) is 0 Å². The summed E-state index contributed by atoms with van der Waals surface area (Å²) in [6.45, 7) is 2.44. The Morgan fingerprint density at radius 1 is 1.58 bits per heavy atom. The number of non-ortho nitro benzene ring substituents is 1. The molecule has 0 aliphatic carbocycles. The van der Waals surface area contributed by atoms with Gasteiger partial charge in [-0.25, -0.2) is 4.98 Å². The van der Waals surface area contributed by atoms with Crippen LogP contribution in [0.3, 0.4) is 0 Å². The number of rotatable bonds is 6. The van der Waals surface area contributed by atoms with E-state index in [4.69, 9.17) is 5.11 Å². The number of aromatic amines is 1. The number of imidazole rings is 1. The van der Waals surface area contributed by atoms with Gasteiger partial charge < -0.3 is 15.4 Å². The summed E-state index contributed by atoms with van der Waals surface area (Å²) < 4.78 is 0. The summed E-state index contributed by atoms with van der Waals surface area (Å²) >= 11 is 0.